The second-order valence-corrected chi connectivity index (χ2v) is 4.40. The third kappa shape index (κ3) is 3.14. The minimum absolute atomic E-state index is 0.520. The molecule has 1 aromatic carbocycles. The van der Waals surface area contributed by atoms with E-state index in [9.17, 15) is 0 Å². The first-order valence-electron chi connectivity index (χ1n) is 5.65. The predicted octanol–water partition coefficient (Wildman–Crippen LogP) is 3.38. The first-order valence-corrected chi connectivity index (χ1v) is 6.03. The summed E-state index contributed by atoms with van der Waals surface area (Å²) in [6.07, 6.45) is 0. The van der Waals surface area contributed by atoms with E-state index in [0.717, 1.165) is 17.1 Å². The SMILES string of the molecule is COc1cccc(N(C)Cc2cccc(Cl)n2)c1. The van der Waals surface area contributed by atoms with Crippen LogP contribution in [0.1, 0.15) is 5.69 Å². The van der Waals surface area contributed by atoms with Gasteiger partial charge < -0.3 is 9.64 Å². The van der Waals surface area contributed by atoms with Gasteiger partial charge in [0.2, 0.25) is 0 Å². The zero-order valence-electron chi connectivity index (χ0n) is 10.4. The van der Waals surface area contributed by atoms with E-state index in [-0.39, 0.29) is 0 Å². The Morgan fingerprint density at radius 2 is 2.00 bits per heavy atom. The lowest BCUT2D eigenvalue weighted by atomic mass is 10.2. The van der Waals surface area contributed by atoms with Crippen LogP contribution in [0.2, 0.25) is 5.15 Å². The number of aromatic nitrogens is 1. The van der Waals surface area contributed by atoms with E-state index in [0.29, 0.717) is 11.7 Å². The van der Waals surface area contributed by atoms with Gasteiger partial charge in [-0.1, -0.05) is 23.7 Å². The molecule has 94 valence electrons. The minimum Gasteiger partial charge on any atom is -0.497 e. The Morgan fingerprint density at radius 1 is 1.22 bits per heavy atom. The molecule has 0 aliphatic carbocycles. The quantitative estimate of drug-likeness (QED) is 0.790. The highest BCUT2D eigenvalue weighted by Crippen LogP contribution is 2.21. The monoisotopic (exact) mass is 262 g/mol. The molecule has 0 N–H and O–H groups in total. The van der Waals surface area contributed by atoms with Crippen LogP contribution in [0.15, 0.2) is 42.5 Å². The van der Waals surface area contributed by atoms with Crippen LogP contribution in [0.25, 0.3) is 0 Å². The van der Waals surface area contributed by atoms with Crippen LogP contribution < -0.4 is 9.64 Å². The van der Waals surface area contributed by atoms with E-state index < -0.39 is 0 Å². The normalized spacial score (nSPS) is 10.2. The molecular weight excluding hydrogens is 248 g/mol. The summed E-state index contributed by atoms with van der Waals surface area (Å²) in [6.45, 7) is 0.702. The molecule has 0 unspecified atom stereocenters. The van der Waals surface area contributed by atoms with Gasteiger partial charge in [-0.2, -0.15) is 0 Å². The molecule has 0 radical (unpaired) electrons. The maximum atomic E-state index is 5.87. The summed E-state index contributed by atoms with van der Waals surface area (Å²) in [5, 5.41) is 0.520. The van der Waals surface area contributed by atoms with Crippen LogP contribution in [0, 0.1) is 0 Å². The Bertz CT molecular complexity index is 531. The third-order valence-electron chi connectivity index (χ3n) is 2.67. The van der Waals surface area contributed by atoms with Gasteiger partial charge in [-0.15, -0.1) is 0 Å². The van der Waals surface area contributed by atoms with Gasteiger partial charge in [0.05, 0.1) is 19.3 Å². The summed E-state index contributed by atoms with van der Waals surface area (Å²) >= 11 is 5.87. The molecule has 0 aliphatic heterocycles. The molecule has 0 bridgehead atoms. The molecule has 0 fully saturated rings. The molecule has 1 aromatic heterocycles. The molecule has 0 saturated carbocycles. The van der Waals surface area contributed by atoms with E-state index in [4.69, 9.17) is 16.3 Å². The van der Waals surface area contributed by atoms with Crippen molar-refractivity contribution in [3.8, 4) is 5.75 Å². The molecule has 4 heteroatoms. The van der Waals surface area contributed by atoms with Gasteiger partial charge in [0.25, 0.3) is 0 Å². The highest BCUT2D eigenvalue weighted by atomic mass is 35.5. The highest BCUT2D eigenvalue weighted by molar-refractivity contribution is 6.29. The fourth-order valence-corrected chi connectivity index (χ4v) is 1.90. The summed E-state index contributed by atoms with van der Waals surface area (Å²) in [6, 6.07) is 13.6. The number of rotatable bonds is 4. The van der Waals surface area contributed by atoms with E-state index in [2.05, 4.69) is 9.88 Å². The average molecular weight is 263 g/mol. The van der Waals surface area contributed by atoms with Crippen LogP contribution in [-0.2, 0) is 6.54 Å². The lowest BCUT2D eigenvalue weighted by molar-refractivity contribution is 0.415. The molecule has 2 aromatic rings. The Hall–Kier alpha value is -1.74. The van der Waals surface area contributed by atoms with Crippen molar-refractivity contribution in [2.24, 2.45) is 0 Å². The van der Waals surface area contributed by atoms with Crippen molar-refractivity contribution in [2.75, 3.05) is 19.1 Å². The lowest BCUT2D eigenvalue weighted by Crippen LogP contribution is -2.17. The topological polar surface area (TPSA) is 25.4 Å². The van der Waals surface area contributed by atoms with Gasteiger partial charge >= 0.3 is 0 Å². The molecule has 0 aliphatic rings. The van der Waals surface area contributed by atoms with Crippen molar-refractivity contribution in [3.05, 3.63) is 53.3 Å². The van der Waals surface area contributed by atoms with Crippen molar-refractivity contribution in [1.82, 2.24) is 4.98 Å². The molecule has 3 nitrogen and oxygen atoms in total. The zero-order valence-corrected chi connectivity index (χ0v) is 11.2. The van der Waals surface area contributed by atoms with Crippen molar-refractivity contribution in [3.63, 3.8) is 0 Å². The van der Waals surface area contributed by atoms with Crippen LogP contribution in [-0.4, -0.2) is 19.1 Å². The number of halogens is 1. The fraction of sp³-hybridized carbons (Fsp3) is 0.214. The van der Waals surface area contributed by atoms with Gasteiger partial charge in [-0.25, -0.2) is 4.98 Å². The zero-order chi connectivity index (χ0) is 13.0. The number of hydrogen-bond donors (Lipinski definition) is 0. The Labute approximate surface area is 112 Å². The highest BCUT2D eigenvalue weighted by Gasteiger charge is 2.04. The number of pyridine rings is 1. The molecule has 0 spiro atoms. The largest absolute Gasteiger partial charge is 0.497 e. The molecule has 0 amide bonds. The molecule has 18 heavy (non-hydrogen) atoms. The van der Waals surface area contributed by atoms with Gasteiger partial charge in [-0.05, 0) is 24.3 Å². The first kappa shape index (κ1) is 12.7. The van der Waals surface area contributed by atoms with Crippen LogP contribution in [0.4, 0.5) is 5.69 Å². The van der Waals surface area contributed by atoms with E-state index in [1.54, 1.807) is 13.2 Å². The van der Waals surface area contributed by atoms with Crippen LogP contribution in [0.3, 0.4) is 0 Å². The third-order valence-corrected chi connectivity index (χ3v) is 2.88. The number of nitrogens with zero attached hydrogens (tertiary/aromatic N) is 2. The Morgan fingerprint density at radius 3 is 2.72 bits per heavy atom. The number of ether oxygens (including phenoxy) is 1. The van der Waals surface area contributed by atoms with E-state index in [1.807, 2.05) is 43.4 Å². The number of anilines is 1. The first-order chi connectivity index (χ1) is 8.69. The molecule has 1 heterocycles. The van der Waals surface area contributed by atoms with Crippen molar-refractivity contribution >= 4 is 17.3 Å². The second kappa shape index (κ2) is 5.74. The van der Waals surface area contributed by atoms with Crippen molar-refractivity contribution in [1.29, 1.82) is 0 Å². The summed E-state index contributed by atoms with van der Waals surface area (Å²) in [5.74, 6) is 0.846. The molecule has 0 atom stereocenters. The molecule has 2 rings (SSSR count). The second-order valence-electron chi connectivity index (χ2n) is 4.01. The summed E-state index contributed by atoms with van der Waals surface area (Å²) in [4.78, 5) is 6.37. The maximum Gasteiger partial charge on any atom is 0.129 e. The van der Waals surface area contributed by atoms with Gasteiger partial charge in [0.1, 0.15) is 10.9 Å². The van der Waals surface area contributed by atoms with Crippen LogP contribution >= 0.6 is 11.6 Å². The summed E-state index contributed by atoms with van der Waals surface area (Å²) in [5.41, 5.74) is 2.02. The average Bonchev–Trinajstić information content (AvgIpc) is 2.39. The smallest absolute Gasteiger partial charge is 0.129 e. The number of methoxy groups -OCH3 is 1. The maximum absolute atomic E-state index is 5.87. The molecule has 0 saturated heterocycles. The number of benzene rings is 1. The van der Waals surface area contributed by atoms with Crippen molar-refractivity contribution in [2.45, 2.75) is 6.54 Å². The minimum atomic E-state index is 0.520. The van der Waals surface area contributed by atoms with Crippen LogP contribution in [0.5, 0.6) is 5.75 Å². The predicted molar refractivity (Wildman–Crippen MR) is 74.3 cm³/mol. The molecular formula is C14H15ClN2O. The van der Waals surface area contributed by atoms with Gasteiger partial charge in [0.15, 0.2) is 0 Å². The fourth-order valence-electron chi connectivity index (χ4n) is 1.72. The van der Waals surface area contributed by atoms with E-state index in [1.165, 1.54) is 0 Å². The summed E-state index contributed by atoms with van der Waals surface area (Å²) in [7, 11) is 3.68. The van der Waals surface area contributed by atoms with Crippen molar-refractivity contribution < 1.29 is 4.74 Å². The number of hydrogen-bond acceptors (Lipinski definition) is 3. The Kier molecular flexibility index (Phi) is 4.05. The Balaban J connectivity index is 2.13. The summed E-state index contributed by atoms with van der Waals surface area (Å²) < 4.78 is 5.21. The van der Waals surface area contributed by atoms with Gasteiger partial charge in [-0.3, -0.25) is 0 Å². The van der Waals surface area contributed by atoms with Gasteiger partial charge in [0, 0.05) is 18.8 Å². The van der Waals surface area contributed by atoms with E-state index >= 15 is 0 Å². The lowest BCUT2D eigenvalue weighted by Gasteiger charge is -2.19. The standard InChI is InChI=1S/C14H15ClN2O/c1-17(10-11-5-3-8-14(15)16-11)12-6-4-7-13(9-12)18-2/h3-9H,10H2,1-2H3.